The Morgan fingerprint density at radius 1 is 1.06 bits per heavy atom. The zero-order valence-corrected chi connectivity index (χ0v) is 19.8. The summed E-state index contributed by atoms with van der Waals surface area (Å²) in [4.78, 5) is 29.5. The third kappa shape index (κ3) is 5.17. The summed E-state index contributed by atoms with van der Waals surface area (Å²) >= 11 is 1.25. The van der Waals surface area contributed by atoms with E-state index in [0.29, 0.717) is 17.3 Å². The van der Waals surface area contributed by atoms with E-state index in [1.165, 1.54) is 23.9 Å². The van der Waals surface area contributed by atoms with E-state index in [-0.39, 0.29) is 30.1 Å². The normalized spacial score (nSPS) is 19.5. The number of halogens is 1. The second-order valence-electron chi connectivity index (χ2n) is 8.49. The van der Waals surface area contributed by atoms with Gasteiger partial charge in [0.2, 0.25) is 5.91 Å². The fraction of sp³-hybridized carbons (Fsp3) is 0.185. The maximum absolute atomic E-state index is 13.5. The second kappa shape index (κ2) is 9.84. The summed E-state index contributed by atoms with van der Waals surface area (Å²) in [6, 6.07) is 23.4. The monoisotopic (exact) mass is 486 g/mol. The van der Waals surface area contributed by atoms with E-state index in [4.69, 9.17) is 5.10 Å². The van der Waals surface area contributed by atoms with E-state index in [1.807, 2.05) is 49.4 Å². The van der Waals surface area contributed by atoms with Crippen LogP contribution in [0.2, 0.25) is 0 Å². The molecule has 0 aliphatic carbocycles. The van der Waals surface area contributed by atoms with Gasteiger partial charge >= 0.3 is 0 Å². The van der Waals surface area contributed by atoms with Crippen molar-refractivity contribution >= 4 is 40.1 Å². The highest BCUT2D eigenvalue weighted by Gasteiger charge is 2.39. The van der Waals surface area contributed by atoms with E-state index in [2.05, 4.69) is 10.3 Å². The highest BCUT2D eigenvalue weighted by molar-refractivity contribution is 8.15. The van der Waals surface area contributed by atoms with Gasteiger partial charge in [-0.25, -0.2) is 9.40 Å². The van der Waals surface area contributed by atoms with Gasteiger partial charge in [0.1, 0.15) is 11.1 Å². The van der Waals surface area contributed by atoms with Crippen LogP contribution >= 0.6 is 11.8 Å². The summed E-state index contributed by atoms with van der Waals surface area (Å²) in [6.45, 7) is 2.03. The molecule has 0 fully saturated rings. The molecule has 2 heterocycles. The van der Waals surface area contributed by atoms with Gasteiger partial charge in [-0.2, -0.15) is 10.1 Å². The van der Waals surface area contributed by atoms with Crippen molar-refractivity contribution in [2.45, 2.75) is 31.1 Å². The first-order valence-corrected chi connectivity index (χ1v) is 12.2. The molecule has 0 radical (unpaired) electrons. The molecule has 35 heavy (non-hydrogen) atoms. The van der Waals surface area contributed by atoms with Crippen LogP contribution in [0, 0.1) is 12.7 Å². The van der Waals surface area contributed by atoms with Crippen LogP contribution < -0.4 is 5.32 Å². The van der Waals surface area contributed by atoms with Gasteiger partial charge in [-0.15, -0.1) is 0 Å². The number of para-hydroxylation sites is 1. The topological polar surface area (TPSA) is 74.1 Å². The summed E-state index contributed by atoms with van der Waals surface area (Å²) < 4.78 is 13.5. The molecule has 2 atom stereocenters. The number of hydrazone groups is 1. The minimum atomic E-state index is -0.613. The molecule has 8 heteroatoms. The fourth-order valence-corrected chi connectivity index (χ4v) is 5.12. The van der Waals surface area contributed by atoms with Crippen LogP contribution in [-0.4, -0.2) is 33.0 Å². The Kier molecular flexibility index (Phi) is 6.46. The van der Waals surface area contributed by atoms with E-state index in [1.54, 1.807) is 29.3 Å². The highest BCUT2D eigenvalue weighted by Crippen LogP contribution is 2.38. The molecule has 0 unspecified atom stereocenters. The van der Waals surface area contributed by atoms with Gasteiger partial charge in [0.05, 0.1) is 11.8 Å². The zero-order chi connectivity index (χ0) is 24.4. The second-order valence-corrected chi connectivity index (χ2v) is 9.66. The van der Waals surface area contributed by atoms with E-state index in [0.717, 1.165) is 22.4 Å². The third-order valence-corrected chi connectivity index (χ3v) is 7.05. The number of amidine groups is 1. The number of carbonyl (C=O) groups excluding carboxylic acids is 2. The standard InChI is InChI=1S/C27H23FN4O2S/c1-17-7-9-19(10-8-17)23-15-22(18-11-13-20(28)14-12-18)31-32(23)27-30-26(34)24(35-27)16-25(33)29-21-5-3-2-4-6-21/h2-14,23-24H,15-16H2,1H3,(H,29,33)/t23-,24+/m0/s1. The number of aryl methyl sites for hydroxylation is 1. The van der Waals surface area contributed by atoms with Crippen molar-refractivity contribution < 1.29 is 14.0 Å². The van der Waals surface area contributed by atoms with Crippen molar-refractivity contribution in [1.29, 1.82) is 0 Å². The lowest BCUT2D eigenvalue weighted by Crippen LogP contribution is -2.25. The number of carbonyl (C=O) groups is 2. The van der Waals surface area contributed by atoms with Crippen LogP contribution in [0.3, 0.4) is 0 Å². The van der Waals surface area contributed by atoms with Crippen LogP contribution in [0.1, 0.15) is 35.6 Å². The first-order valence-electron chi connectivity index (χ1n) is 11.3. The Hall–Kier alpha value is -3.78. The summed E-state index contributed by atoms with van der Waals surface area (Å²) in [6.07, 6.45) is 0.602. The van der Waals surface area contributed by atoms with E-state index >= 15 is 0 Å². The fourth-order valence-electron chi connectivity index (χ4n) is 4.06. The first kappa shape index (κ1) is 23.0. The van der Waals surface area contributed by atoms with Crippen LogP contribution in [0.5, 0.6) is 0 Å². The number of nitrogens with one attached hydrogen (secondary N) is 1. The Balaban J connectivity index is 1.36. The third-order valence-electron chi connectivity index (χ3n) is 5.90. The van der Waals surface area contributed by atoms with Crippen molar-refractivity contribution in [2.24, 2.45) is 10.1 Å². The molecule has 2 amide bonds. The SMILES string of the molecule is Cc1ccc([C@@H]2CC(c3ccc(F)cc3)=NN2C2=NC(=O)[C@@H](CC(=O)Nc3ccccc3)S2)cc1. The number of hydrogen-bond acceptors (Lipinski definition) is 5. The maximum Gasteiger partial charge on any atom is 0.262 e. The molecule has 3 aromatic carbocycles. The summed E-state index contributed by atoms with van der Waals surface area (Å²) in [5.41, 5.74) is 4.47. The number of hydrogen-bond donors (Lipinski definition) is 1. The first-order chi connectivity index (χ1) is 17.0. The van der Waals surface area contributed by atoms with E-state index in [9.17, 15) is 14.0 Å². The number of aliphatic imine (C=N–C) groups is 1. The molecule has 0 spiro atoms. The predicted octanol–water partition coefficient (Wildman–Crippen LogP) is 5.31. The van der Waals surface area contributed by atoms with Crippen molar-refractivity contribution in [2.75, 3.05) is 5.32 Å². The van der Waals surface area contributed by atoms with Gasteiger partial charge in [-0.1, -0.05) is 71.9 Å². The van der Waals surface area contributed by atoms with Gasteiger partial charge in [-0.3, -0.25) is 9.59 Å². The largest absolute Gasteiger partial charge is 0.326 e. The lowest BCUT2D eigenvalue weighted by Gasteiger charge is -2.23. The van der Waals surface area contributed by atoms with Crippen molar-refractivity contribution in [1.82, 2.24) is 5.01 Å². The van der Waals surface area contributed by atoms with Gasteiger partial charge in [-0.05, 0) is 42.3 Å². The predicted molar refractivity (Wildman–Crippen MR) is 137 cm³/mol. The Bertz CT molecular complexity index is 1310. The van der Waals surface area contributed by atoms with Gasteiger partial charge in [0.25, 0.3) is 5.91 Å². The Morgan fingerprint density at radius 3 is 2.49 bits per heavy atom. The Morgan fingerprint density at radius 2 is 1.77 bits per heavy atom. The number of anilines is 1. The molecule has 3 aromatic rings. The van der Waals surface area contributed by atoms with Gasteiger partial charge in [0.15, 0.2) is 5.17 Å². The molecule has 0 bridgehead atoms. The number of thioether (sulfide) groups is 1. The molecule has 0 saturated carbocycles. The average molecular weight is 487 g/mol. The molecule has 6 nitrogen and oxygen atoms in total. The lowest BCUT2D eigenvalue weighted by atomic mass is 9.98. The molecule has 0 saturated heterocycles. The quantitative estimate of drug-likeness (QED) is 0.530. The van der Waals surface area contributed by atoms with Crippen LogP contribution in [0.4, 0.5) is 10.1 Å². The van der Waals surface area contributed by atoms with Gasteiger partial charge < -0.3 is 5.32 Å². The molecular weight excluding hydrogens is 463 g/mol. The number of rotatable bonds is 5. The molecule has 1 N–H and O–H groups in total. The highest BCUT2D eigenvalue weighted by atomic mass is 32.2. The zero-order valence-electron chi connectivity index (χ0n) is 19.0. The molecule has 2 aliphatic rings. The van der Waals surface area contributed by atoms with E-state index < -0.39 is 5.25 Å². The Labute approximate surface area is 207 Å². The summed E-state index contributed by atoms with van der Waals surface area (Å²) in [5, 5.41) is 9.23. The smallest absolute Gasteiger partial charge is 0.262 e. The lowest BCUT2D eigenvalue weighted by molar-refractivity contribution is -0.121. The number of amides is 2. The van der Waals surface area contributed by atoms with Crippen molar-refractivity contribution in [3.05, 3.63) is 101 Å². The minimum absolute atomic E-state index is 0.0168. The molecule has 2 aliphatic heterocycles. The molecular formula is C27H23FN4O2S. The average Bonchev–Trinajstić information content (AvgIpc) is 3.45. The number of benzene rings is 3. The maximum atomic E-state index is 13.5. The van der Waals surface area contributed by atoms with Crippen LogP contribution in [-0.2, 0) is 9.59 Å². The molecule has 176 valence electrons. The van der Waals surface area contributed by atoms with Crippen LogP contribution in [0.15, 0.2) is 89.0 Å². The van der Waals surface area contributed by atoms with Crippen LogP contribution in [0.25, 0.3) is 0 Å². The molecule has 0 aromatic heterocycles. The number of nitrogens with zero attached hydrogens (tertiary/aromatic N) is 3. The van der Waals surface area contributed by atoms with Crippen molar-refractivity contribution in [3.63, 3.8) is 0 Å². The summed E-state index contributed by atoms with van der Waals surface area (Å²) in [7, 11) is 0. The van der Waals surface area contributed by atoms with Crippen molar-refractivity contribution in [3.8, 4) is 0 Å². The molecule has 5 rings (SSSR count). The summed E-state index contributed by atoms with van der Waals surface area (Å²) in [5.74, 6) is -0.899. The van der Waals surface area contributed by atoms with Gasteiger partial charge in [0, 0.05) is 18.5 Å². The minimum Gasteiger partial charge on any atom is -0.326 e.